The molecule has 0 aliphatic heterocycles. The van der Waals surface area contributed by atoms with Gasteiger partial charge in [-0.2, -0.15) is 0 Å². The van der Waals surface area contributed by atoms with Crippen LogP contribution < -0.4 is 5.32 Å². The molecule has 5 nitrogen and oxygen atoms in total. The Balaban J connectivity index is 1.81. The van der Waals surface area contributed by atoms with Crippen molar-refractivity contribution in [1.29, 1.82) is 0 Å². The van der Waals surface area contributed by atoms with Crippen molar-refractivity contribution >= 4 is 17.4 Å². The van der Waals surface area contributed by atoms with Crippen LogP contribution in [-0.4, -0.2) is 20.5 Å². The van der Waals surface area contributed by atoms with Gasteiger partial charge in [0, 0.05) is 24.4 Å². The Morgan fingerprint density at radius 2 is 2.04 bits per heavy atom. The molecule has 0 radical (unpaired) electrons. The number of nitrogens with one attached hydrogen (secondary N) is 1. The second kappa shape index (κ2) is 6.54. The number of aromatic nitrogens is 3. The third-order valence-electron chi connectivity index (χ3n) is 4.86. The number of fused-ring (bicyclic) bond motifs is 1. The molecule has 2 heterocycles. The van der Waals surface area contributed by atoms with Gasteiger partial charge in [0.2, 0.25) is 5.91 Å². The Bertz CT molecular complexity index is 736. The van der Waals surface area contributed by atoms with E-state index in [0.29, 0.717) is 12.2 Å². The topological polar surface area (TPSA) is 59.3 Å². The Morgan fingerprint density at radius 1 is 1.33 bits per heavy atom. The lowest BCUT2D eigenvalue weighted by atomic mass is 9.88. The zero-order chi connectivity index (χ0) is 17.3. The Hall–Kier alpha value is -1.91. The second-order valence-corrected chi connectivity index (χ2v) is 8.11. The van der Waals surface area contributed by atoms with Crippen LogP contribution in [0.4, 0.5) is 5.82 Å². The molecular weight excluding hydrogens is 300 g/mol. The Morgan fingerprint density at radius 3 is 2.71 bits per heavy atom. The summed E-state index contributed by atoms with van der Waals surface area (Å²) in [6.45, 7) is 8.37. The van der Waals surface area contributed by atoms with Crippen molar-refractivity contribution in [2.75, 3.05) is 5.32 Å². The summed E-state index contributed by atoms with van der Waals surface area (Å²) in [4.78, 5) is 16.9. The van der Waals surface area contributed by atoms with Crippen molar-refractivity contribution in [1.82, 2.24) is 14.6 Å². The van der Waals surface area contributed by atoms with Gasteiger partial charge in [-0.05, 0) is 30.2 Å². The highest BCUT2D eigenvalue weighted by molar-refractivity contribution is 5.91. The third kappa shape index (κ3) is 3.60. The summed E-state index contributed by atoms with van der Waals surface area (Å²) in [7, 11) is 0. The zero-order valence-electron chi connectivity index (χ0n) is 15.2. The molecule has 2 aromatic heterocycles. The Kier molecular flexibility index (Phi) is 4.61. The number of rotatable bonds is 4. The highest BCUT2D eigenvalue weighted by Crippen LogP contribution is 2.33. The highest BCUT2D eigenvalue weighted by atomic mass is 16.1. The van der Waals surface area contributed by atoms with Crippen molar-refractivity contribution in [3.8, 4) is 0 Å². The van der Waals surface area contributed by atoms with Gasteiger partial charge in [-0.15, -0.1) is 5.10 Å². The molecule has 24 heavy (non-hydrogen) atoms. The standard InChI is InChI=1S/C19H28N4O/c1-13-11-20-18-16(19(2,3)4)17(22-23(18)12-13)21-15(24)10-9-14-7-5-6-8-14/h11-12,14H,5-10H2,1-4H3,(H,21,22,24). The molecule has 0 bridgehead atoms. The van der Waals surface area contributed by atoms with Gasteiger partial charge in [-0.25, -0.2) is 9.50 Å². The van der Waals surface area contributed by atoms with Crippen LogP contribution in [-0.2, 0) is 10.2 Å². The van der Waals surface area contributed by atoms with Crippen molar-refractivity contribution in [2.24, 2.45) is 5.92 Å². The molecule has 0 saturated heterocycles. The summed E-state index contributed by atoms with van der Waals surface area (Å²) in [6, 6.07) is 0. The molecule has 0 atom stereocenters. The number of carbonyl (C=O) groups is 1. The SMILES string of the molecule is Cc1cnc2c(C(C)(C)C)c(NC(=O)CCC3CCCC3)nn2c1. The number of hydrogen-bond acceptors (Lipinski definition) is 3. The average Bonchev–Trinajstić information content (AvgIpc) is 3.10. The lowest BCUT2D eigenvalue weighted by molar-refractivity contribution is -0.116. The van der Waals surface area contributed by atoms with Crippen molar-refractivity contribution < 1.29 is 4.79 Å². The van der Waals surface area contributed by atoms with Crippen molar-refractivity contribution in [3.05, 3.63) is 23.5 Å². The maximum atomic E-state index is 12.4. The van der Waals surface area contributed by atoms with Crippen LogP contribution in [0, 0.1) is 12.8 Å². The van der Waals surface area contributed by atoms with Crippen molar-refractivity contribution in [2.45, 2.75) is 71.6 Å². The average molecular weight is 328 g/mol. The lowest BCUT2D eigenvalue weighted by Gasteiger charge is -2.19. The minimum absolute atomic E-state index is 0.0625. The summed E-state index contributed by atoms with van der Waals surface area (Å²) in [5, 5.41) is 7.62. The van der Waals surface area contributed by atoms with E-state index in [-0.39, 0.29) is 11.3 Å². The van der Waals surface area contributed by atoms with Gasteiger partial charge in [0.15, 0.2) is 11.5 Å². The fraction of sp³-hybridized carbons (Fsp3) is 0.632. The molecule has 1 amide bonds. The molecule has 1 saturated carbocycles. The summed E-state index contributed by atoms with van der Waals surface area (Å²) in [6.07, 6.45) is 10.5. The minimum Gasteiger partial charge on any atom is -0.309 e. The maximum Gasteiger partial charge on any atom is 0.225 e. The lowest BCUT2D eigenvalue weighted by Crippen LogP contribution is -2.18. The van der Waals surface area contributed by atoms with E-state index in [4.69, 9.17) is 0 Å². The fourth-order valence-electron chi connectivity index (χ4n) is 3.64. The number of carbonyl (C=O) groups excluding carboxylic acids is 1. The molecule has 1 fully saturated rings. The van der Waals surface area contributed by atoms with E-state index in [1.807, 2.05) is 19.3 Å². The third-order valence-corrected chi connectivity index (χ3v) is 4.86. The molecular formula is C19H28N4O. The first kappa shape index (κ1) is 16.9. The van der Waals surface area contributed by atoms with Crippen LogP contribution in [0.5, 0.6) is 0 Å². The van der Waals surface area contributed by atoms with Gasteiger partial charge in [0.05, 0.1) is 0 Å². The normalized spacial score (nSPS) is 16.0. The molecule has 3 rings (SSSR count). The number of amides is 1. The fourth-order valence-corrected chi connectivity index (χ4v) is 3.64. The van der Waals surface area contributed by atoms with Crippen molar-refractivity contribution in [3.63, 3.8) is 0 Å². The number of anilines is 1. The van der Waals surface area contributed by atoms with E-state index in [2.05, 4.69) is 36.2 Å². The molecule has 1 aliphatic rings. The van der Waals surface area contributed by atoms with Crippen LogP contribution in [0.15, 0.2) is 12.4 Å². The predicted molar refractivity (Wildman–Crippen MR) is 96.2 cm³/mol. The maximum absolute atomic E-state index is 12.4. The van der Waals surface area contributed by atoms with Crippen LogP contribution in [0.3, 0.4) is 0 Å². The van der Waals surface area contributed by atoms with E-state index < -0.39 is 0 Å². The Labute approximate surface area is 143 Å². The summed E-state index contributed by atoms with van der Waals surface area (Å²) < 4.78 is 1.78. The highest BCUT2D eigenvalue weighted by Gasteiger charge is 2.27. The van der Waals surface area contributed by atoms with Gasteiger partial charge in [0.1, 0.15) is 0 Å². The van der Waals surface area contributed by atoms with Crippen LogP contribution >= 0.6 is 0 Å². The first-order chi connectivity index (χ1) is 11.3. The molecule has 1 N–H and O–H groups in total. The van der Waals surface area contributed by atoms with Crippen LogP contribution in [0.2, 0.25) is 0 Å². The first-order valence-corrected chi connectivity index (χ1v) is 9.00. The summed E-state index contributed by atoms with van der Waals surface area (Å²) in [5.41, 5.74) is 2.72. The van der Waals surface area contributed by atoms with Gasteiger partial charge in [-0.3, -0.25) is 4.79 Å². The smallest absolute Gasteiger partial charge is 0.225 e. The van der Waals surface area contributed by atoms with E-state index >= 15 is 0 Å². The van der Waals surface area contributed by atoms with E-state index in [1.165, 1.54) is 25.7 Å². The second-order valence-electron chi connectivity index (χ2n) is 8.11. The quantitative estimate of drug-likeness (QED) is 0.913. The van der Waals surface area contributed by atoms with E-state index in [0.717, 1.165) is 29.1 Å². The van der Waals surface area contributed by atoms with Gasteiger partial charge >= 0.3 is 0 Å². The number of aryl methyl sites for hydroxylation is 1. The first-order valence-electron chi connectivity index (χ1n) is 9.00. The van der Waals surface area contributed by atoms with E-state index in [1.54, 1.807) is 4.52 Å². The molecule has 0 unspecified atom stereocenters. The van der Waals surface area contributed by atoms with Gasteiger partial charge in [-0.1, -0.05) is 46.5 Å². The molecule has 0 aromatic carbocycles. The number of hydrogen-bond donors (Lipinski definition) is 1. The largest absolute Gasteiger partial charge is 0.309 e. The summed E-state index contributed by atoms with van der Waals surface area (Å²) in [5.74, 6) is 1.44. The predicted octanol–water partition coefficient (Wildman–Crippen LogP) is 4.24. The monoisotopic (exact) mass is 328 g/mol. The molecule has 5 heteroatoms. The minimum atomic E-state index is -0.141. The number of nitrogens with zero attached hydrogens (tertiary/aromatic N) is 3. The molecule has 1 aliphatic carbocycles. The van der Waals surface area contributed by atoms with Crippen LogP contribution in [0.25, 0.3) is 5.65 Å². The van der Waals surface area contributed by atoms with Crippen LogP contribution in [0.1, 0.15) is 70.4 Å². The molecule has 0 spiro atoms. The zero-order valence-corrected chi connectivity index (χ0v) is 15.2. The molecule has 130 valence electrons. The van der Waals surface area contributed by atoms with Gasteiger partial charge < -0.3 is 5.32 Å². The van der Waals surface area contributed by atoms with E-state index in [9.17, 15) is 4.79 Å². The summed E-state index contributed by atoms with van der Waals surface area (Å²) >= 11 is 0. The van der Waals surface area contributed by atoms with Gasteiger partial charge in [0.25, 0.3) is 0 Å². The molecule has 2 aromatic rings.